The summed E-state index contributed by atoms with van der Waals surface area (Å²) in [5, 5.41) is 0. The molecular formula is C12H11F3N2O3. The van der Waals surface area contributed by atoms with Crippen molar-refractivity contribution in [3.05, 3.63) is 29.6 Å². The summed E-state index contributed by atoms with van der Waals surface area (Å²) in [6.45, 7) is 0. The Hall–Kier alpha value is -2.25. The van der Waals surface area contributed by atoms with E-state index in [2.05, 4.69) is 4.98 Å². The Morgan fingerprint density at radius 2 is 1.70 bits per heavy atom. The van der Waals surface area contributed by atoms with Crippen LogP contribution >= 0.6 is 0 Å². The molecule has 1 aromatic rings. The van der Waals surface area contributed by atoms with Gasteiger partial charge in [-0.25, -0.2) is 4.98 Å². The molecule has 0 fully saturated rings. The summed E-state index contributed by atoms with van der Waals surface area (Å²) in [6.07, 6.45) is -6.39. The Bertz CT molecular complexity index is 553. The number of carbonyl (C=O) groups is 3. The van der Waals surface area contributed by atoms with Crippen LogP contribution in [-0.4, -0.2) is 47.6 Å². The van der Waals surface area contributed by atoms with Gasteiger partial charge in [0.1, 0.15) is 11.4 Å². The summed E-state index contributed by atoms with van der Waals surface area (Å²) in [4.78, 5) is 38.7. The van der Waals surface area contributed by atoms with Crippen LogP contribution in [0.25, 0.3) is 0 Å². The molecule has 20 heavy (non-hydrogen) atoms. The summed E-state index contributed by atoms with van der Waals surface area (Å²) in [5.74, 6) is -3.73. The van der Waals surface area contributed by atoms with Crippen molar-refractivity contribution in [3.8, 4) is 0 Å². The molecule has 1 rings (SSSR count). The van der Waals surface area contributed by atoms with E-state index in [0.29, 0.717) is 0 Å². The maximum atomic E-state index is 12.1. The number of aromatic nitrogens is 1. The van der Waals surface area contributed by atoms with Gasteiger partial charge in [-0.1, -0.05) is 6.07 Å². The number of carbonyl (C=O) groups excluding carboxylic acids is 3. The van der Waals surface area contributed by atoms with Crippen LogP contribution in [0.15, 0.2) is 18.2 Å². The van der Waals surface area contributed by atoms with Crippen LogP contribution in [0.3, 0.4) is 0 Å². The molecule has 0 aliphatic rings. The number of ketones is 2. The lowest BCUT2D eigenvalue weighted by Crippen LogP contribution is -2.26. The van der Waals surface area contributed by atoms with E-state index in [1.165, 1.54) is 31.1 Å². The highest BCUT2D eigenvalue weighted by Gasteiger charge is 2.39. The van der Waals surface area contributed by atoms with Crippen LogP contribution in [0.4, 0.5) is 13.2 Å². The van der Waals surface area contributed by atoms with E-state index in [1.807, 2.05) is 0 Å². The maximum Gasteiger partial charge on any atom is 0.450 e. The van der Waals surface area contributed by atoms with Crippen LogP contribution in [0.1, 0.15) is 27.4 Å². The number of halogens is 3. The van der Waals surface area contributed by atoms with E-state index in [0.717, 1.165) is 6.07 Å². The Balaban J connectivity index is 2.93. The van der Waals surface area contributed by atoms with Gasteiger partial charge >= 0.3 is 6.18 Å². The van der Waals surface area contributed by atoms with Crippen LogP contribution in [0, 0.1) is 0 Å². The van der Waals surface area contributed by atoms with Crippen molar-refractivity contribution in [3.63, 3.8) is 0 Å². The van der Waals surface area contributed by atoms with Gasteiger partial charge < -0.3 is 4.90 Å². The third-order valence-corrected chi connectivity index (χ3v) is 2.30. The van der Waals surface area contributed by atoms with E-state index in [9.17, 15) is 27.6 Å². The first kappa shape index (κ1) is 15.8. The van der Waals surface area contributed by atoms with Crippen molar-refractivity contribution in [2.24, 2.45) is 0 Å². The van der Waals surface area contributed by atoms with Gasteiger partial charge in [-0.05, 0) is 12.1 Å². The Kier molecular flexibility index (Phi) is 4.59. The zero-order valence-corrected chi connectivity index (χ0v) is 10.7. The highest BCUT2D eigenvalue weighted by Crippen LogP contribution is 2.19. The van der Waals surface area contributed by atoms with E-state index >= 15 is 0 Å². The van der Waals surface area contributed by atoms with Gasteiger partial charge in [0.25, 0.3) is 5.91 Å². The molecule has 1 heterocycles. The third kappa shape index (κ3) is 3.87. The summed E-state index contributed by atoms with van der Waals surface area (Å²) in [7, 11) is 2.93. The standard InChI is InChI=1S/C12H11F3N2O3/c1-17(2)11(20)8-5-3-4-7(16-8)9(18)6-10(19)12(13,14)15/h3-5H,6H2,1-2H3. The SMILES string of the molecule is CN(C)C(=O)c1cccc(C(=O)CC(=O)C(F)(F)F)n1. The summed E-state index contributed by atoms with van der Waals surface area (Å²) in [5.41, 5.74) is -0.435. The largest absolute Gasteiger partial charge is 0.450 e. The molecule has 0 aliphatic carbocycles. The van der Waals surface area contributed by atoms with Gasteiger partial charge in [0.15, 0.2) is 5.78 Å². The Morgan fingerprint density at radius 1 is 1.15 bits per heavy atom. The molecule has 108 valence electrons. The van der Waals surface area contributed by atoms with Crippen LogP contribution in [0.2, 0.25) is 0 Å². The Morgan fingerprint density at radius 3 is 2.20 bits per heavy atom. The van der Waals surface area contributed by atoms with E-state index < -0.39 is 30.1 Å². The average molecular weight is 288 g/mol. The summed E-state index contributed by atoms with van der Waals surface area (Å²) >= 11 is 0. The smallest absolute Gasteiger partial charge is 0.343 e. The molecule has 0 bridgehead atoms. The van der Waals surface area contributed by atoms with Crippen molar-refractivity contribution in [1.82, 2.24) is 9.88 Å². The highest BCUT2D eigenvalue weighted by atomic mass is 19.4. The minimum atomic E-state index is -5.06. The number of pyridine rings is 1. The molecule has 5 nitrogen and oxygen atoms in total. The zero-order valence-electron chi connectivity index (χ0n) is 10.7. The van der Waals surface area contributed by atoms with Gasteiger partial charge in [-0.3, -0.25) is 14.4 Å². The van der Waals surface area contributed by atoms with Crippen LogP contribution < -0.4 is 0 Å². The number of hydrogen-bond donors (Lipinski definition) is 0. The number of amides is 1. The van der Waals surface area contributed by atoms with Crippen molar-refractivity contribution in [2.45, 2.75) is 12.6 Å². The molecule has 1 amide bonds. The van der Waals surface area contributed by atoms with Crippen molar-refractivity contribution < 1.29 is 27.6 Å². The van der Waals surface area contributed by atoms with Gasteiger partial charge in [-0.2, -0.15) is 13.2 Å². The zero-order chi connectivity index (χ0) is 15.5. The molecule has 0 aliphatic heterocycles. The molecule has 1 aromatic heterocycles. The average Bonchev–Trinajstić information content (AvgIpc) is 2.36. The second-order valence-electron chi connectivity index (χ2n) is 4.13. The minimum Gasteiger partial charge on any atom is -0.343 e. The number of rotatable bonds is 4. The molecule has 0 saturated heterocycles. The topological polar surface area (TPSA) is 67.3 Å². The first-order valence-corrected chi connectivity index (χ1v) is 5.45. The summed E-state index contributed by atoms with van der Waals surface area (Å²) in [6, 6.07) is 3.79. The third-order valence-electron chi connectivity index (χ3n) is 2.30. The fourth-order valence-electron chi connectivity index (χ4n) is 1.27. The maximum absolute atomic E-state index is 12.1. The molecule has 0 atom stereocenters. The van der Waals surface area contributed by atoms with E-state index in [-0.39, 0.29) is 11.4 Å². The first-order valence-electron chi connectivity index (χ1n) is 5.45. The van der Waals surface area contributed by atoms with E-state index in [1.54, 1.807) is 0 Å². The number of hydrogen-bond acceptors (Lipinski definition) is 4. The van der Waals surface area contributed by atoms with Gasteiger partial charge in [0.2, 0.25) is 5.78 Å². The van der Waals surface area contributed by atoms with Crippen LogP contribution in [-0.2, 0) is 4.79 Å². The summed E-state index contributed by atoms with van der Waals surface area (Å²) < 4.78 is 36.2. The molecule has 0 N–H and O–H groups in total. The predicted octanol–water partition coefficient (Wildman–Crippen LogP) is 1.49. The van der Waals surface area contributed by atoms with Crippen molar-refractivity contribution in [2.75, 3.05) is 14.1 Å². The fraction of sp³-hybridized carbons (Fsp3) is 0.333. The lowest BCUT2D eigenvalue weighted by Gasteiger charge is -2.10. The second kappa shape index (κ2) is 5.81. The van der Waals surface area contributed by atoms with Crippen LogP contribution in [0.5, 0.6) is 0 Å². The predicted molar refractivity (Wildman–Crippen MR) is 62.3 cm³/mol. The molecule has 0 unspecified atom stereocenters. The normalized spacial score (nSPS) is 11.1. The molecule has 8 heteroatoms. The first-order chi connectivity index (χ1) is 9.12. The van der Waals surface area contributed by atoms with Crippen molar-refractivity contribution in [1.29, 1.82) is 0 Å². The highest BCUT2D eigenvalue weighted by molar-refractivity contribution is 6.08. The Labute approximate surface area is 112 Å². The molecule has 0 aromatic carbocycles. The fourth-order valence-corrected chi connectivity index (χ4v) is 1.27. The molecule has 0 saturated carbocycles. The van der Waals surface area contributed by atoms with Crippen molar-refractivity contribution >= 4 is 17.5 Å². The lowest BCUT2D eigenvalue weighted by atomic mass is 10.1. The minimum absolute atomic E-state index is 0.0830. The van der Waals surface area contributed by atoms with Gasteiger partial charge in [0, 0.05) is 14.1 Å². The lowest BCUT2D eigenvalue weighted by molar-refractivity contribution is -0.170. The number of alkyl halides is 3. The van der Waals surface area contributed by atoms with Gasteiger partial charge in [0.05, 0.1) is 6.42 Å². The molecule has 0 spiro atoms. The number of nitrogens with zero attached hydrogens (tertiary/aromatic N) is 2. The van der Waals surface area contributed by atoms with E-state index in [4.69, 9.17) is 0 Å². The second-order valence-corrected chi connectivity index (χ2v) is 4.13. The molecular weight excluding hydrogens is 277 g/mol. The number of Topliss-reactive ketones (excluding diaryl/α,β-unsaturated/α-hetero) is 2. The molecule has 0 radical (unpaired) electrons. The quantitative estimate of drug-likeness (QED) is 0.622. The van der Waals surface area contributed by atoms with Gasteiger partial charge in [-0.15, -0.1) is 0 Å². The monoisotopic (exact) mass is 288 g/mol.